The van der Waals surface area contributed by atoms with Crippen LogP contribution in [0.25, 0.3) is 0 Å². The van der Waals surface area contributed by atoms with Crippen molar-refractivity contribution in [3.63, 3.8) is 0 Å². The maximum absolute atomic E-state index is 12.9. The summed E-state index contributed by atoms with van der Waals surface area (Å²) in [5.74, 6) is 0.625. The van der Waals surface area contributed by atoms with E-state index in [0.717, 1.165) is 18.7 Å². The smallest absolute Gasteiger partial charge is 0.101 e. The Morgan fingerprint density at radius 2 is 2.40 bits per heavy atom. The van der Waals surface area contributed by atoms with Crippen LogP contribution in [-0.2, 0) is 6.42 Å². The minimum Gasteiger partial charge on any atom is -0.316 e. The Morgan fingerprint density at radius 3 is 3.07 bits per heavy atom. The largest absolute Gasteiger partial charge is 0.316 e. The van der Waals surface area contributed by atoms with Crippen LogP contribution in [-0.4, -0.2) is 19.3 Å². The third-order valence-electron chi connectivity index (χ3n) is 3.00. The zero-order valence-electron chi connectivity index (χ0n) is 9.17. The summed E-state index contributed by atoms with van der Waals surface area (Å²) in [6, 6.07) is 8.38. The Hall–Kier alpha value is -0.890. The molecule has 15 heavy (non-hydrogen) atoms. The van der Waals surface area contributed by atoms with E-state index in [1.165, 1.54) is 12.0 Å². The van der Waals surface area contributed by atoms with Gasteiger partial charge in [0.05, 0.1) is 0 Å². The van der Waals surface area contributed by atoms with E-state index in [2.05, 4.69) is 17.4 Å². The van der Waals surface area contributed by atoms with E-state index < -0.39 is 6.17 Å². The summed E-state index contributed by atoms with van der Waals surface area (Å²) < 4.78 is 12.9. The molecule has 1 heterocycles. The Morgan fingerprint density at radius 1 is 1.53 bits per heavy atom. The van der Waals surface area contributed by atoms with E-state index in [4.69, 9.17) is 0 Å². The van der Waals surface area contributed by atoms with E-state index in [-0.39, 0.29) is 0 Å². The lowest BCUT2D eigenvalue weighted by Gasteiger charge is -2.11. The fraction of sp³-hybridized carbons (Fsp3) is 0.538. The molecular weight excluding hydrogens is 189 g/mol. The standard InChI is InChI=1S/C13H18FN/c1-10(14)7-11-3-2-4-12(8-11)13-5-6-15-9-13/h2-4,8,10,13,15H,5-7,9H2,1H3. The Labute approximate surface area is 90.7 Å². The lowest BCUT2D eigenvalue weighted by atomic mass is 9.95. The molecule has 2 heteroatoms. The van der Waals surface area contributed by atoms with Gasteiger partial charge in [-0.1, -0.05) is 24.3 Å². The number of hydrogen-bond donors (Lipinski definition) is 1. The monoisotopic (exact) mass is 207 g/mol. The van der Waals surface area contributed by atoms with Gasteiger partial charge in [0.2, 0.25) is 0 Å². The van der Waals surface area contributed by atoms with Crippen LogP contribution in [0.2, 0.25) is 0 Å². The number of halogens is 1. The molecule has 0 amide bonds. The molecule has 0 aliphatic carbocycles. The molecule has 1 fully saturated rings. The van der Waals surface area contributed by atoms with Gasteiger partial charge < -0.3 is 5.32 Å². The highest BCUT2D eigenvalue weighted by Gasteiger charge is 2.16. The van der Waals surface area contributed by atoms with E-state index in [9.17, 15) is 4.39 Å². The number of benzene rings is 1. The van der Waals surface area contributed by atoms with E-state index in [1.807, 2.05) is 12.1 Å². The fourth-order valence-corrected chi connectivity index (χ4v) is 2.24. The van der Waals surface area contributed by atoms with Crippen LogP contribution in [0, 0.1) is 0 Å². The number of nitrogens with one attached hydrogen (secondary N) is 1. The second kappa shape index (κ2) is 4.75. The van der Waals surface area contributed by atoms with Crippen molar-refractivity contribution < 1.29 is 4.39 Å². The second-order valence-electron chi connectivity index (χ2n) is 4.42. The number of rotatable bonds is 3. The van der Waals surface area contributed by atoms with Crippen molar-refractivity contribution in [2.75, 3.05) is 13.1 Å². The molecule has 0 bridgehead atoms. The van der Waals surface area contributed by atoms with Crippen molar-refractivity contribution in [3.05, 3.63) is 35.4 Å². The van der Waals surface area contributed by atoms with Crippen molar-refractivity contribution in [1.29, 1.82) is 0 Å². The van der Waals surface area contributed by atoms with Gasteiger partial charge in [-0.3, -0.25) is 0 Å². The van der Waals surface area contributed by atoms with Gasteiger partial charge in [0.1, 0.15) is 6.17 Å². The zero-order chi connectivity index (χ0) is 10.7. The summed E-state index contributed by atoms with van der Waals surface area (Å²) in [7, 11) is 0. The van der Waals surface area contributed by atoms with Crippen LogP contribution in [0.3, 0.4) is 0 Å². The van der Waals surface area contributed by atoms with Gasteiger partial charge in [-0.05, 0) is 36.9 Å². The third kappa shape index (κ3) is 2.78. The SMILES string of the molecule is CC(F)Cc1cccc(C2CCNC2)c1. The first-order valence-corrected chi connectivity index (χ1v) is 5.69. The van der Waals surface area contributed by atoms with Crippen LogP contribution in [0.5, 0.6) is 0 Å². The van der Waals surface area contributed by atoms with E-state index >= 15 is 0 Å². The zero-order valence-corrected chi connectivity index (χ0v) is 9.17. The topological polar surface area (TPSA) is 12.0 Å². The number of alkyl halides is 1. The summed E-state index contributed by atoms with van der Waals surface area (Å²) in [4.78, 5) is 0. The van der Waals surface area contributed by atoms with Crippen LogP contribution >= 0.6 is 0 Å². The minimum atomic E-state index is -0.748. The van der Waals surface area contributed by atoms with E-state index in [0.29, 0.717) is 12.3 Å². The Kier molecular flexibility index (Phi) is 3.37. The van der Waals surface area contributed by atoms with Crippen molar-refractivity contribution in [2.45, 2.75) is 31.9 Å². The lowest BCUT2D eigenvalue weighted by molar-refractivity contribution is 0.360. The van der Waals surface area contributed by atoms with Crippen LogP contribution in [0.4, 0.5) is 4.39 Å². The summed E-state index contributed by atoms with van der Waals surface area (Å²) in [5, 5.41) is 3.36. The molecule has 2 atom stereocenters. The van der Waals surface area contributed by atoms with Crippen molar-refractivity contribution in [2.24, 2.45) is 0 Å². The van der Waals surface area contributed by atoms with E-state index in [1.54, 1.807) is 6.92 Å². The summed E-state index contributed by atoms with van der Waals surface area (Å²) >= 11 is 0. The molecule has 1 nitrogen and oxygen atoms in total. The maximum atomic E-state index is 12.9. The molecule has 1 aromatic carbocycles. The average molecular weight is 207 g/mol. The molecule has 1 aliphatic rings. The normalized spacial score (nSPS) is 22.9. The first-order chi connectivity index (χ1) is 7.25. The van der Waals surface area contributed by atoms with Crippen LogP contribution in [0.15, 0.2) is 24.3 Å². The van der Waals surface area contributed by atoms with Crippen molar-refractivity contribution >= 4 is 0 Å². The maximum Gasteiger partial charge on any atom is 0.101 e. The fourth-order valence-electron chi connectivity index (χ4n) is 2.24. The molecule has 1 aliphatic heterocycles. The van der Waals surface area contributed by atoms with Gasteiger partial charge in [-0.2, -0.15) is 0 Å². The predicted octanol–water partition coefficient (Wildman–Crippen LogP) is 2.66. The Bertz CT molecular complexity index is 316. The van der Waals surface area contributed by atoms with Gasteiger partial charge in [0, 0.05) is 13.0 Å². The average Bonchev–Trinajstić information content (AvgIpc) is 2.69. The van der Waals surface area contributed by atoms with Gasteiger partial charge in [0.25, 0.3) is 0 Å². The van der Waals surface area contributed by atoms with Gasteiger partial charge >= 0.3 is 0 Å². The molecular formula is C13H18FN. The van der Waals surface area contributed by atoms with Crippen molar-refractivity contribution in [3.8, 4) is 0 Å². The van der Waals surface area contributed by atoms with Crippen molar-refractivity contribution in [1.82, 2.24) is 5.32 Å². The molecule has 0 radical (unpaired) electrons. The molecule has 0 saturated carbocycles. The molecule has 0 spiro atoms. The molecule has 0 aromatic heterocycles. The third-order valence-corrected chi connectivity index (χ3v) is 3.00. The lowest BCUT2D eigenvalue weighted by Crippen LogP contribution is -2.08. The summed E-state index contributed by atoms with van der Waals surface area (Å²) in [5.41, 5.74) is 2.48. The molecule has 82 valence electrons. The quantitative estimate of drug-likeness (QED) is 0.803. The summed E-state index contributed by atoms with van der Waals surface area (Å²) in [6.07, 6.45) is 0.991. The van der Waals surface area contributed by atoms with Gasteiger partial charge in [-0.25, -0.2) is 4.39 Å². The van der Waals surface area contributed by atoms with Gasteiger partial charge in [-0.15, -0.1) is 0 Å². The first-order valence-electron chi connectivity index (χ1n) is 5.69. The molecule has 1 aromatic rings. The molecule has 1 saturated heterocycles. The highest BCUT2D eigenvalue weighted by molar-refractivity contribution is 5.27. The molecule has 1 N–H and O–H groups in total. The van der Waals surface area contributed by atoms with Gasteiger partial charge in [0.15, 0.2) is 0 Å². The highest BCUT2D eigenvalue weighted by Crippen LogP contribution is 2.23. The summed E-state index contributed by atoms with van der Waals surface area (Å²) in [6.45, 7) is 3.78. The number of hydrogen-bond acceptors (Lipinski definition) is 1. The minimum absolute atomic E-state index is 0.536. The Balaban J connectivity index is 2.11. The molecule has 2 rings (SSSR count). The first kappa shape index (κ1) is 10.6. The molecule has 2 unspecified atom stereocenters. The predicted molar refractivity (Wildman–Crippen MR) is 60.9 cm³/mol. The van der Waals surface area contributed by atoms with Crippen LogP contribution < -0.4 is 5.32 Å². The highest BCUT2D eigenvalue weighted by atomic mass is 19.1. The second-order valence-corrected chi connectivity index (χ2v) is 4.42. The van der Waals surface area contributed by atoms with Crippen LogP contribution in [0.1, 0.15) is 30.4 Å².